The van der Waals surface area contributed by atoms with E-state index in [0.717, 1.165) is 39.3 Å². The molecule has 5 heterocycles. The number of carbonyl (C=O) groups excluding carboxylic acids is 4. The number of carboxylic acid groups (broad SMARTS) is 2. The first-order valence-corrected chi connectivity index (χ1v) is 18.3. The third-order valence-electron chi connectivity index (χ3n) is 7.48. The summed E-state index contributed by atoms with van der Waals surface area (Å²) in [5.74, 6) is -6.11. The molecule has 5 rings (SSSR count). The van der Waals surface area contributed by atoms with E-state index in [1.54, 1.807) is 13.0 Å². The van der Waals surface area contributed by atoms with Crippen molar-refractivity contribution in [1.29, 1.82) is 0 Å². The van der Waals surface area contributed by atoms with Crippen molar-refractivity contribution in [2.45, 2.75) is 29.8 Å². The number of fused-ring (bicyclic) bond motifs is 1. The summed E-state index contributed by atoms with van der Waals surface area (Å²) in [4.78, 5) is 90.0. The van der Waals surface area contributed by atoms with Crippen molar-refractivity contribution in [1.82, 2.24) is 25.5 Å². The van der Waals surface area contributed by atoms with Crippen molar-refractivity contribution < 1.29 is 49.4 Å². The highest BCUT2D eigenvalue weighted by Gasteiger charge is 2.54. The molecule has 1 fully saturated rings. The number of carboxylic acids is 2. The molecule has 0 radical (unpaired) electrons. The summed E-state index contributed by atoms with van der Waals surface area (Å²) in [6.07, 6.45) is 2.89. The quantitative estimate of drug-likeness (QED) is 0.0613. The predicted molar refractivity (Wildman–Crippen MR) is 191 cm³/mol. The van der Waals surface area contributed by atoms with E-state index in [1.807, 2.05) is 0 Å². The van der Waals surface area contributed by atoms with Gasteiger partial charge < -0.3 is 42.3 Å². The summed E-state index contributed by atoms with van der Waals surface area (Å²) < 4.78 is 0. The van der Waals surface area contributed by atoms with E-state index >= 15 is 0 Å². The molecule has 1 saturated heterocycles. The molecule has 52 heavy (non-hydrogen) atoms. The molecular weight excluding hydrogens is 765 g/mol. The molecular formula is C28H26N10O10S4. The van der Waals surface area contributed by atoms with Gasteiger partial charge in [0, 0.05) is 22.3 Å². The van der Waals surface area contributed by atoms with E-state index in [9.17, 15) is 49.4 Å². The number of thiazole rings is 2. The highest BCUT2D eigenvalue weighted by molar-refractivity contribution is 8.00. The van der Waals surface area contributed by atoms with Gasteiger partial charge in [-0.2, -0.15) is 0 Å². The maximum absolute atomic E-state index is 13.7. The lowest BCUT2D eigenvalue weighted by Gasteiger charge is -2.49. The summed E-state index contributed by atoms with van der Waals surface area (Å²) in [6, 6.07) is -2.75. The third-order valence-corrected chi connectivity index (χ3v) is 11.4. The molecule has 2 aromatic rings. The number of nitrogens with two attached hydrogens (primary N) is 1. The Labute approximate surface area is 308 Å². The predicted octanol–water partition coefficient (Wildman–Crippen LogP) is 0.131. The second kappa shape index (κ2) is 15.7. The Kier molecular flexibility index (Phi) is 11.4. The van der Waals surface area contributed by atoms with Crippen LogP contribution in [0, 0.1) is 0 Å². The number of allylic oxidation sites excluding steroid dienone is 2. The molecule has 0 bridgehead atoms. The van der Waals surface area contributed by atoms with E-state index in [4.69, 9.17) is 5.73 Å². The van der Waals surface area contributed by atoms with Crippen molar-refractivity contribution in [3.63, 3.8) is 0 Å². The lowest BCUT2D eigenvalue weighted by Crippen LogP contribution is -2.71. The van der Waals surface area contributed by atoms with Gasteiger partial charge in [-0.15, -0.1) is 46.2 Å². The van der Waals surface area contributed by atoms with Crippen LogP contribution in [0.3, 0.4) is 0 Å². The average molecular weight is 791 g/mol. The van der Waals surface area contributed by atoms with Crippen molar-refractivity contribution in [3.05, 3.63) is 57.7 Å². The van der Waals surface area contributed by atoms with Crippen LogP contribution in [0.15, 0.2) is 61.6 Å². The average Bonchev–Trinajstić information content (AvgIpc) is 3.77. The number of carbonyl (C=O) groups is 6. The van der Waals surface area contributed by atoms with Gasteiger partial charge in [0.25, 0.3) is 23.6 Å². The Hall–Kier alpha value is -5.59. The van der Waals surface area contributed by atoms with Crippen molar-refractivity contribution >= 4 is 109 Å². The maximum atomic E-state index is 13.7. The molecule has 0 aromatic carbocycles. The number of aliphatic carboxylic acids is 2. The van der Waals surface area contributed by atoms with Crippen LogP contribution in [0.25, 0.3) is 0 Å². The summed E-state index contributed by atoms with van der Waals surface area (Å²) in [5.41, 5.74) is 4.22. The van der Waals surface area contributed by atoms with Crippen LogP contribution in [0.1, 0.15) is 18.3 Å². The van der Waals surface area contributed by atoms with Crippen LogP contribution in [-0.2, 0) is 28.8 Å². The second-order valence-corrected chi connectivity index (χ2v) is 14.4. The highest BCUT2D eigenvalue weighted by atomic mass is 32.2. The van der Waals surface area contributed by atoms with E-state index in [2.05, 4.69) is 47.8 Å². The maximum Gasteiger partial charge on any atom is 0.354 e. The summed E-state index contributed by atoms with van der Waals surface area (Å²) in [7, 11) is 0. The van der Waals surface area contributed by atoms with Crippen LogP contribution in [0.5, 0.6) is 0 Å². The van der Waals surface area contributed by atoms with Gasteiger partial charge in [-0.05, 0) is 18.1 Å². The van der Waals surface area contributed by atoms with E-state index in [0.29, 0.717) is 11.1 Å². The molecule has 9 N–H and O–H groups in total. The Morgan fingerprint density at radius 2 is 1.69 bits per heavy atom. The van der Waals surface area contributed by atoms with Crippen LogP contribution in [-0.4, -0.2) is 123 Å². The summed E-state index contributed by atoms with van der Waals surface area (Å²) in [6.45, 7) is 5.20. The largest absolute Gasteiger partial charge is 0.477 e. The first-order chi connectivity index (χ1) is 24.8. The van der Waals surface area contributed by atoms with E-state index in [-0.39, 0.29) is 44.6 Å². The minimum atomic E-state index is -1.59. The number of hydrogen-bond acceptors (Lipinski definition) is 18. The van der Waals surface area contributed by atoms with Gasteiger partial charge in [0.1, 0.15) is 45.6 Å². The number of hydrogen-bond donors (Lipinski definition) is 8. The molecule has 0 aliphatic carbocycles. The second-order valence-electron chi connectivity index (χ2n) is 10.5. The number of nitrogens with one attached hydrogen (secondary N) is 3. The molecule has 0 spiro atoms. The molecule has 4 amide bonds. The lowest BCUT2D eigenvalue weighted by molar-refractivity contribution is -0.150. The monoisotopic (exact) mass is 790 g/mol. The Morgan fingerprint density at radius 1 is 1.02 bits per heavy atom. The summed E-state index contributed by atoms with van der Waals surface area (Å²) in [5, 5.41) is 52.4. The Balaban J connectivity index is 1.34. The topological polar surface area (TPSA) is 312 Å². The number of aliphatic imine (C=N–C) groups is 1. The van der Waals surface area contributed by atoms with Gasteiger partial charge in [0.2, 0.25) is 0 Å². The molecule has 4 atom stereocenters. The molecule has 0 unspecified atom stereocenters. The Morgan fingerprint density at radius 3 is 2.29 bits per heavy atom. The third kappa shape index (κ3) is 7.39. The first kappa shape index (κ1) is 37.7. The summed E-state index contributed by atoms with van der Waals surface area (Å²) >= 11 is 3.99. The number of amides is 4. The van der Waals surface area contributed by atoms with Crippen LogP contribution in [0.2, 0.25) is 0 Å². The minimum Gasteiger partial charge on any atom is -0.477 e. The zero-order valence-electron chi connectivity index (χ0n) is 26.4. The van der Waals surface area contributed by atoms with Crippen molar-refractivity contribution in [2.24, 2.45) is 15.3 Å². The molecule has 20 nitrogen and oxygen atoms in total. The number of β-lactam (4-membered cyclic amide) rings is 1. The fraction of sp³-hybridized carbons (Fsp3) is 0.250. The van der Waals surface area contributed by atoms with Gasteiger partial charge in [-0.1, -0.05) is 29.0 Å². The fourth-order valence-corrected chi connectivity index (χ4v) is 8.81. The highest BCUT2D eigenvalue weighted by Crippen LogP contribution is 2.40. The minimum absolute atomic E-state index is 0.0652. The van der Waals surface area contributed by atoms with E-state index < -0.39 is 69.8 Å². The van der Waals surface area contributed by atoms with E-state index in [1.165, 1.54) is 28.6 Å². The van der Waals surface area contributed by atoms with Crippen LogP contribution in [0.4, 0.5) is 10.3 Å². The van der Waals surface area contributed by atoms with Gasteiger partial charge in [0.05, 0.1) is 0 Å². The fourth-order valence-electron chi connectivity index (χ4n) is 5.00. The number of rotatable bonds is 12. The zero-order valence-corrected chi connectivity index (χ0v) is 29.6. The van der Waals surface area contributed by atoms with Gasteiger partial charge in [-0.25, -0.2) is 19.6 Å². The smallest absolute Gasteiger partial charge is 0.354 e. The molecule has 272 valence electrons. The number of oxime groups is 2. The lowest BCUT2D eigenvalue weighted by atomic mass is 10.0. The zero-order chi connectivity index (χ0) is 37.9. The molecule has 0 saturated carbocycles. The van der Waals surface area contributed by atoms with Crippen molar-refractivity contribution in [2.75, 3.05) is 22.6 Å². The van der Waals surface area contributed by atoms with Crippen LogP contribution < -0.4 is 21.7 Å². The van der Waals surface area contributed by atoms with Gasteiger partial charge >= 0.3 is 11.9 Å². The van der Waals surface area contributed by atoms with Gasteiger partial charge in [0.15, 0.2) is 21.7 Å². The molecule has 24 heteroatoms. The van der Waals surface area contributed by atoms with Crippen molar-refractivity contribution in [3.8, 4) is 0 Å². The normalized spacial score (nSPS) is 21.8. The van der Waals surface area contributed by atoms with Crippen LogP contribution >= 0.6 is 46.2 Å². The SMILES string of the molecule is C=CC1=C(C(=O)O)N2C(=O)[C@@H](NC(=O)/C(=N\O)c3csc(NC(=O)[C@@H](NC(=O)/C(=N\O)c4csc(N)n4)[C@@H]4N=C(C(=O)O)/C(=C/C)CS4)n3)[C@H]2SC1. The first-order valence-electron chi connectivity index (χ1n) is 14.5. The number of thioether (sulfide) groups is 2. The molecule has 3 aliphatic rings. The molecule has 2 aromatic heterocycles. The van der Waals surface area contributed by atoms with Gasteiger partial charge in [-0.3, -0.25) is 29.1 Å². The standard InChI is InChI=1S/C28H26N10O10S4/c1-3-9-5-49-22(34-13(9)25(43)44)16(32-19(39)14(36-47)11-7-51-27(29)30-11)21(41)35-28-31-12(8-52-28)15(37-48)20(40)33-17-23(42)38-18(26(45)46)10(4-2)6-50-24(17)38/h3-4,7-8,16-17,22,24,47-48H,2,5-6H2,1H3,(H2,29,30)(H,32,39)(H,33,40)(H,43,44)(H,45,46)(H,31,35,41)/b9-3+,36-14-,37-15-/t16-,17-,22-,24-/m1/s1. The number of aromatic nitrogens is 2. The Bertz CT molecular complexity index is 2040. The number of anilines is 2. The molecule has 3 aliphatic heterocycles. The number of nitrogen functional groups attached to an aromatic ring is 1. The number of nitrogens with zero attached hydrogens (tertiary/aromatic N) is 6.